The molecule has 1 saturated carbocycles. The van der Waals surface area contributed by atoms with E-state index in [9.17, 15) is 0 Å². The summed E-state index contributed by atoms with van der Waals surface area (Å²) in [6, 6.07) is 1.82. The van der Waals surface area contributed by atoms with Crippen LogP contribution in [0.1, 0.15) is 51.9 Å². The summed E-state index contributed by atoms with van der Waals surface area (Å²) in [7, 11) is 4.35. The lowest BCUT2D eigenvalue weighted by atomic mass is 9.72. The number of ether oxygens (including phenoxy) is 1. The largest absolute Gasteiger partial charge is 0.377 e. The molecule has 4 aliphatic rings. The molecule has 0 spiro atoms. The van der Waals surface area contributed by atoms with Gasteiger partial charge in [-0.25, -0.2) is 0 Å². The summed E-state index contributed by atoms with van der Waals surface area (Å²) >= 11 is 0. The summed E-state index contributed by atoms with van der Waals surface area (Å²) in [5, 5.41) is 11.3. The highest BCUT2D eigenvalue weighted by Crippen LogP contribution is 2.42. The number of nitrogens with zero attached hydrogens (tertiary/aromatic N) is 1. The maximum absolute atomic E-state index is 6.27. The molecule has 0 radical (unpaired) electrons. The molecule has 0 amide bonds. The number of hydrogen-bond acceptors (Lipinski definition) is 5. The van der Waals surface area contributed by atoms with Crippen molar-refractivity contribution in [2.75, 3.05) is 33.8 Å². The van der Waals surface area contributed by atoms with Crippen molar-refractivity contribution in [1.29, 1.82) is 0 Å². The first-order valence-electron chi connectivity index (χ1n) is 11.3. The van der Waals surface area contributed by atoms with Crippen LogP contribution in [-0.4, -0.2) is 69.1 Å². The molecule has 0 aromatic carbocycles. The number of nitrogens with one attached hydrogen (secondary N) is 3. The molecule has 4 rings (SSSR count). The lowest BCUT2D eigenvalue weighted by Crippen LogP contribution is -2.59. The summed E-state index contributed by atoms with van der Waals surface area (Å²) in [5.41, 5.74) is 1.68. The molecule has 5 nitrogen and oxygen atoms in total. The number of rotatable bonds is 4. The topological polar surface area (TPSA) is 48.6 Å². The Labute approximate surface area is 165 Å². The maximum atomic E-state index is 6.27. The van der Waals surface area contributed by atoms with Gasteiger partial charge in [-0.2, -0.15) is 0 Å². The van der Waals surface area contributed by atoms with E-state index in [0.717, 1.165) is 19.1 Å². The second kappa shape index (κ2) is 8.91. The highest BCUT2D eigenvalue weighted by molar-refractivity contribution is 5.15. The Morgan fingerprint density at radius 3 is 2.93 bits per heavy atom. The zero-order valence-corrected chi connectivity index (χ0v) is 17.5. The highest BCUT2D eigenvalue weighted by atomic mass is 16.5. The van der Waals surface area contributed by atoms with E-state index in [1.165, 1.54) is 51.5 Å². The van der Waals surface area contributed by atoms with Crippen LogP contribution in [0.3, 0.4) is 0 Å². The van der Waals surface area contributed by atoms with Crippen LogP contribution in [0.4, 0.5) is 0 Å². The van der Waals surface area contributed by atoms with E-state index < -0.39 is 0 Å². The van der Waals surface area contributed by atoms with Crippen molar-refractivity contribution in [1.82, 2.24) is 20.9 Å². The second-order valence-corrected chi connectivity index (χ2v) is 9.55. The quantitative estimate of drug-likeness (QED) is 0.656. The van der Waals surface area contributed by atoms with Gasteiger partial charge in [-0.1, -0.05) is 11.6 Å². The van der Waals surface area contributed by atoms with Crippen molar-refractivity contribution in [3.05, 3.63) is 11.6 Å². The Morgan fingerprint density at radius 2 is 2.07 bits per heavy atom. The van der Waals surface area contributed by atoms with Gasteiger partial charge in [0.1, 0.15) is 0 Å². The SMILES string of the molecule is CNC1CC(C)NC(NC2CC3CCOC3C(C3=CCN(C)CCC3)C2)C1. The third-order valence-electron chi connectivity index (χ3n) is 7.42. The molecule has 0 bridgehead atoms. The van der Waals surface area contributed by atoms with Crippen LogP contribution in [0.15, 0.2) is 11.6 Å². The van der Waals surface area contributed by atoms with Gasteiger partial charge in [0.05, 0.1) is 12.3 Å². The molecule has 154 valence electrons. The van der Waals surface area contributed by atoms with Gasteiger partial charge in [-0.3, -0.25) is 10.6 Å². The molecule has 7 atom stereocenters. The Bertz CT molecular complexity index is 524. The minimum atomic E-state index is 0.435. The lowest BCUT2D eigenvalue weighted by molar-refractivity contribution is 0.0189. The third-order valence-corrected chi connectivity index (χ3v) is 7.42. The normalized spacial score (nSPS) is 43.8. The van der Waals surface area contributed by atoms with Crippen LogP contribution in [-0.2, 0) is 4.74 Å². The molecule has 3 fully saturated rings. The molecule has 27 heavy (non-hydrogen) atoms. The maximum Gasteiger partial charge on any atom is 0.0670 e. The van der Waals surface area contributed by atoms with Crippen molar-refractivity contribution in [2.24, 2.45) is 11.8 Å². The smallest absolute Gasteiger partial charge is 0.0670 e. The van der Waals surface area contributed by atoms with Crippen LogP contribution >= 0.6 is 0 Å². The number of piperidine rings is 1. The minimum absolute atomic E-state index is 0.435. The van der Waals surface area contributed by atoms with Gasteiger partial charge in [0.15, 0.2) is 0 Å². The Balaban J connectivity index is 1.43. The van der Waals surface area contributed by atoms with Crippen LogP contribution in [0.5, 0.6) is 0 Å². The van der Waals surface area contributed by atoms with Gasteiger partial charge >= 0.3 is 0 Å². The van der Waals surface area contributed by atoms with Gasteiger partial charge in [0.25, 0.3) is 0 Å². The van der Waals surface area contributed by atoms with Crippen molar-refractivity contribution in [3.63, 3.8) is 0 Å². The second-order valence-electron chi connectivity index (χ2n) is 9.55. The molecular weight excluding hydrogens is 336 g/mol. The van der Waals surface area contributed by atoms with Crippen molar-refractivity contribution >= 4 is 0 Å². The monoisotopic (exact) mass is 376 g/mol. The predicted molar refractivity (Wildman–Crippen MR) is 111 cm³/mol. The Morgan fingerprint density at radius 1 is 1.19 bits per heavy atom. The summed E-state index contributed by atoms with van der Waals surface area (Å²) < 4.78 is 6.27. The molecule has 0 aromatic rings. The predicted octanol–water partition coefficient (Wildman–Crippen LogP) is 2.10. The Kier molecular flexibility index (Phi) is 6.55. The molecule has 3 N–H and O–H groups in total. The van der Waals surface area contributed by atoms with Crippen molar-refractivity contribution in [2.45, 2.75) is 82.3 Å². The van der Waals surface area contributed by atoms with Gasteiger partial charge in [0, 0.05) is 37.2 Å². The van der Waals surface area contributed by atoms with E-state index in [2.05, 4.69) is 47.9 Å². The fraction of sp³-hybridized carbons (Fsp3) is 0.909. The van der Waals surface area contributed by atoms with E-state index in [1.807, 2.05) is 0 Å². The fourth-order valence-electron chi connectivity index (χ4n) is 6.03. The minimum Gasteiger partial charge on any atom is -0.377 e. The summed E-state index contributed by atoms with van der Waals surface area (Å²) in [6.07, 6.45) is 12.2. The van der Waals surface area contributed by atoms with Gasteiger partial charge in [0.2, 0.25) is 0 Å². The van der Waals surface area contributed by atoms with Crippen molar-refractivity contribution in [3.8, 4) is 0 Å². The standard InChI is InChI=1S/C22H40N4O/c1-15-11-18(23-2)14-21(24-15)25-19-12-17-7-10-27-22(17)20(13-19)16-5-4-8-26(3)9-6-16/h6,15,17-25H,4-5,7-14H2,1-3H3. The Hall–Kier alpha value is -0.460. The molecule has 7 unspecified atom stereocenters. The van der Waals surface area contributed by atoms with E-state index in [4.69, 9.17) is 4.74 Å². The fourth-order valence-corrected chi connectivity index (χ4v) is 6.03. The first-order valence-corrected chi connectivity index (χ1v) is 11.3. The highest BCUT2D eigenvalue weighted by Gasteiger charge is 2.43. The molecule has 5 heteroatoms. The van der Waals surface area contributed by atoms with E-state index >= 15 is 0 Å². The number of likely N-dealkylation sites (N-methyl/N-ethyl adjacent to an activating group) is 1. The van der Waals surface area contributed by atoms with E-state index in [0.29, 0.717) is 36.3 Å². The molecular formula is C22H40N4O. The molecule has 3 aliphatic heterocycles. The third kappa shape index (κ3) is 4.76. The van der Waals surface area contributed by atoms with Crippen LogP contribution < -0.4 is 16.0 Å². The van der Waals surface area contributed by atoms with E-state index in [1.54, 1.807) is 5.57 Å². The first-order chi connectivity index (χ1) is 13.1. The van der Waals surface area contributed by atoms with Crippen molar-refractivity contribution < 1.29 is 4.74 Å². The molecule has 1 aliphatic carbocycles. The lowest BCUT2D eigenvalue weighted by Gasteiger charge is -2.43. The zero-order chi connectivity index (χ0) is 18.8. The van der Waals surface area contributed by atoms with Gasteiger partial charge < -0.3 is 15.0 Å². The average molecular weight is 377 g/mol. The summed E-state index contributed by atoms with van der Waals surface area (Å²) in [4.78, 5) is 2.45. The van der Waals surface area contributed by atoms with Gasteiger partial charge in [-0.15, -0.1) is 0 Å². The van der Waals surface area contributed by atoms with Crippen LogP contribution in [0, 0.1) is 11.8 Å². The number of fused-ring (bicyclic) bond motifs is 1. The average Bonchev–Trinajstić information content (AvgIpc) is 3.01. The van der Waals surface area contributed by atoms with E-state index in [-0.39, 0.29) is 0 Å². The number of hydrogen-bond donors (Lipinski definition) is 3. The zero-order valence-electron chi connectivity index (χ0n) is 17.5. The van der Waals surface area contributed by atoms with Crippen LogP contribution in [0.25, 0.3) is 0 Å². The first kappa shape index (κ1) is 19.8. The van der Waals surface area contributed by atoms with Crippen LogP contribution in [0.2, 0.25) is 0 Å². The summed E-state index contributed by atoms with van der Waals surface area (Å²) in [5.74, 6) is 1.36. The molecule has 3 heterocycles. The summed E-state index contributed by atoms with van der Waals surface area (Å²) in [6.45, 7) is 5.60. The molecule has 2 saturated heterocycles. The van der Waals surface area contributed by atoms with Gasteiger partial charge in [-0.05, 0) is 78.4 Å². The molecule has 0 aromatic heterocycles.